The van der Waals surface area contributed by atoms with Gasteiger partial charge < -0.3 is 29.5 Å². The number of nitrogens with zero attached hydrogens (tertiary/aromatic N) is 1. The molecule has 0 unspecified atom stereocenters. The lowest BCUT2D eigenvalue weighted by atomic mass is 10.0. The summed E-state index contributed by atoms with van der Waals surface area (Å²) in [5.74, 6) is 0.0381. The fourth-order valence-electron chi connectivity index (χ4n) is 3.89. The molecule has 0 bridgehead atoms. The van der Waals surface area contributed by atoms with Crippen LogP contribution in [0.2, 0.25) is 0 Å². The molecule has 9 nitrogen and oxygen atoms in total. The van der Waals surface area contributed by atoms with E-state index < -0.39 is 31.9 Å². The van der Waals surface area contributed by atoms with Gasteiger partial charge in [-0.3, -0.25) is 4.57 Å². The maximum Gasteiger partial charge on any atom is 0.344 e. The number of carbonyl (C=O) groups is 2. The van der Waals surface area contributed by atoms with Crippen molar-refractivity contribution in [3.63, 3.8) is 0 Å². The largest absolute Gasteiger partial charge is 0.497 e. The van der Waals surface area contributed by atoms with Gasteiger partial charge in [0.1, 0.15) is 24.7 Å². The van der Waals surface area contributed by atoms with Crippen molar-refractivity contribution in [2.24, 2.45) is 5.92 Å². The van der Waals surface area contributed by atoms with E-state index in [2.05, 4.69) is 5.32 Å². The number of benzene rings is 3. The molecule has 0 aliphatic rings. The van der Waals surface area contributed by atoms with Gasteiger partial charge in [-0.25, -0.2) is 9.59 Å². The van der Waals surface area contributed by atoms with Crippen LogP contribution in [0.3, 0.4) is 0 Å². The molecule has 0 heterocycles. The van der Waals surface area contributed by atoms with Gasteiger partial charge >= 0.3 is 19.6 Å². The standard InChI is InChI=1S/C27H33N2O7P/c1-19(2)16-29(18-37(32,33)34)27(31)28-25(26(30)36-17-20-7-5-4-6-8-20)14-21-9-10-23-15-24(35-3)12-11-22(23)13-21/h4-13,15,19,25H,14,16-18H2,1-3H3,(H,28,31)(H2,32,33,34)/t25-/m0/s1. The van der Waals surface area contributed by atoms with E-state index in [1.807, 2.05) is 80.6 Å². The highest BCUT2D eigenvalue weighted by Crippen LogP contribution is 2.35. The highest BCUT2D eigenvalue weighted by Gasteiger charge is 2.29. The zero-order valence-corrected chi connectivity index (χ0v) is 22.1. The molecule has 10 heteroatoms. The Morgan fingerprint density at radius 2 is 1.65 bits per heavy atom. The Balaban J connectivity index is 1.83. The molecule has 0 aromatic heterocycles. The topological polar surface area (TPSA) is 125 Å². The number of rotatable bonds is 11. The third-order valence-electron chi connectivity index (χ3n) is 5.59. The van der Waals surface area contributed by atoms with E-state index in [0.29, 0.717) is 0 Å². The van der Waals surface area contributed by atoms with Gasteiger partial charge in [0, 0.05) is 13.0 Å². The van der Waals surface area contributed by atoms with Crippen LogP contribution in [-0.2, 0) is 27.1 Å². The summed E-state index contributed by atoms with van der Waals surface area (Å²) in [7, 11) is -2.92. The van der Waals surface area contributed by atoms with Crippen molar-refractivity contribution in [3.8, 4) is 5.75 Å². The number of fused-ring (bicyclic) bond motifs is 1. The lowest BCUT2D eigenvalue weighted by Gasteiger charge is -2.27. The first-order chi connectivity index (χ1) is 17.5. The Bertz CT molecular complexity index is 1260. The fraction of sp³-hybridized carbons (Fsp3) is 0.333. The summed E-state index contributed by atoms with van der Waals surface area (Å²) < 4.78 is 22.4. The van der Waals surface area contributed by atoms with Crippen molar-refractivity contribution >= 4 is 30.4 Å². The molecule has 0 saturated heterocycles. The number of ether oxygens (including phenoxy) is 2. The molecule has 0 spiro atoms. The molecule has 3 rings (SSSR count). The van der Waals surface area contributed by atoms with Crippen molar-refractivity contribution in [2.75, 3.05) is 19.9 Å². The van der Waals surface area contributed by atoms with Gasteiger partial charge in [0.2, 0.25) is 0 Å². The number of methoxy groups -OCH3 is 1. The zero-order chi connectivity index (χ0) is 27.0. The van der Waals surface area contributed by atoms with Gasteiger partial charge in [-0.1, -0.05) is 68.4 Å². The molecular weight excluding hydrogens is 495 g/mol. The number of nitrogens with one attached hydrogen (secondary N) is 1. The van der Waals surface area contributed by atoms with Crippen LogP contribution < -0.4 is 10.1 Å². The van der Waals surface area contributed by atoms with E-state index in [1.165, 1.54) is 0 Å². The number of hydrogen-bond acceptors (Lipinski definition) is 5. The average Bonchev–Trinajstić information content (AvgIpc) is 2.85. The van der Waals surface area contributed by atoms with E-state index in [9.17, 15) is 23.9 Å². The SMILES string of the molecule is COc1ccc2cc(C[C@H](NC(=O)N(CC(C)C)CP(=O)(O)O)C(=O)OCc3ccccc3)ccc2c1. The summed E-state index contributed by atoms with van der Waals surface area (Å²) in [5.41, 5.74) is 1.58. The summed E-state index contributed by atoms with van der Waals surface area (Å²) in [6.07, 6.45) is -0.618. The molecule has 37 heavy (non-hydrogen) atoms. The van der Waals surface area contributed by atoms with Crippen LogP contribution in [0.5, 0.6) is 5.75 Å². The third kappa shape index (κ3) is 8.89. The average molecular weight is 529 g/mol. The van der Waals surface area contributed by atoms with Crippen LogP contribution in [-0.4, -0.2) is 52.7 Å². The summed E-state index contributed by atoms with van der Waals surface area (Å²) in [6, 6.07) is 18.7. The summed E-state index contributed by atoms with van der Waals surface area (Å²) in [6.45, 7) is 3.80. The third-order valence-corrected chi connectivity index (χ3v) is 6.30. The maximum atomic E-state index is 13.1. The monoisotopic (exact) mass is 528 g/mol. The molecule has 198 valence electrons. The predicted octanol–water partition coefficient (Wildman–Crippen LogP) is 4.31. The first-order valence-corrected chi connectivity index (χ1v) is 13.7. The molecule has 3 N–H and O–H groups in total. The van der Waals surface area contributed by atoms with Crippen LogP contribution in [0.4, 0.5) is 4.79 Å². The van der Waals surface area contributed by atoms with E-state index in [1.54, 1.807) is 7.11 Å². The van der Waals surface area contributed by atoms with Crippen molar-refractivity contribution in [1.29, 1.82) is 0 Å². The summed E-state index contributed by atoms with van der Waals surface area (Å²) in [4.78, 5) is 46.1. The smallest absolute Gasteiger partial charge is 0.344 e. The number of urea groups is 1. The lowest BCUT2D eigenvalue weighted by Crippen LogP contribution is -2.50. The maximum absolute atomic E-state index is 13.1. The van der Waals surface area contributed by atoms with E-state index in [4.69, 9.17) is 9.47 Å². The van der Waals surface area contributed by atoms with Gasteiger partial charge in [0.05, 0.1) is 7.11 Å². The van der Waals surface area contributed by atoms with E-state index in [-0.39, 0.29) is 25.5 Å². The molecular formula is C27H33N2O7P. The van der Waals surface area contributed by atoms with Crippen molar-refractivity contribution in [2.45, 2.75) is 32.9 Å². The second-order valence-corrected chi connectivity index (χ2v) is 10.9. The second kappa shape index (κ2) is 12.7. The molecule has 0 aliphatic heterocycles. The Kier molecular flexibility index (Phi) is 9.69. The first kappa shape index (κ1) is 28.2. The molecule has 3 aromatic rings. The first-order valence-electron chi connectivity index (χ1n) is 11.9. The zero-order valence-electron chi connectivity index (χ0n) is 21.2. The van der Waals surface area contributed by atoms with Crippen LogP contribution in [0.25, 0.3) is 10.8 Å². The molecule has 0 saturated carbocycles. The van der Waals surface area contributed by atoms with Crippen molar-refractivity contribution < 1.29 is 33.4 Å². The molecule has 1 atom stereocenters. The number of esters is 1. The Morgan fingerprint density at radius 1 is 0.973 bits per heavy atom. The predicted molar refractivity (Wildman–Crippen MR) is 141 cm³/mol. The number of carbonyl (C=O) groups excluding carboxylic acids is 2. The lowest BCUT2D eigenvalue weighted by molar-refractivity contribution is -0.147. The van der Waals surface area contributed by atoms with Crippen molar-refractivity contribution in [1.82, 2.24) is 10.2 Å². The van der Waals surface area contributed by atoms with Crippen LogP contribution in [0.1, 0.15) is 25.0 Å². The highest BCUT2D eigenvalue weighted by molar-refractivity contribution is 7.51. The highest BCUT2D eigenvalue weighted by atomic mass is 31.2. The fourth-order valence-corrected chi connectivity index (χ4v) is 4.58. The molecule has 3 aromatic carbocycles. The number of hydrogen-bond donors (Lipinski definition) is 3. The Morgan fingerprint density at radius 3 is 2.30 bits per heavy atom. The van der Waals surface area contributed by atoms with Crippen LogP contribution in [0.15, 0.2) is 66.7 Å². The second-order valence-electron chi connectivity index (χ2n) is 9.27. The van der Waals surface area contributed by atoms with Crippen molar-refractivity contribution in [3.05, 3.63) is 77.9 Å². The molecule has 0 fully saturated rings. The summed E-state index contributed by atoms with van der Waals surface area (Å²) in [5, 5.41) is 4.54. The minimum atomic E-state index is -4.51. The van der Waals surface area contributed by atoms with Gasteiger partial charge in [-0.15, -0.1) is 0 Å². The normalized spacial score (nSPS) is 12.3. The van der Waals surface area contributed by atoms with Gasteiger partial charge in [-0.05, 0) is 39.9 Å². The minimum Gasteiger partial charge on any atom is -0.497 e. The van der Waals surface area contributed by atoms with Crippen LogP contribution >= 0.6 is 7.60 Å². The van der Waals surface area contributed by atoms with Crippen LogP contribution in [0, 0.1) is 5.92 Å². The number of amides is 2. The molecule has 2 amide bonds. The van der Waals surface area contributed by atoms with E-state index >= 15 is 0 Å². The van der Waals surface area contributed by atoms with Gasteiger partial charge in [0.15, 0.2) is 0 Å². The van der Waals surface area contributed by atoms with Gasteiger partial charge in [0.25, 0.3) is 0 Å². The quantitative estimate of drug-likeness (QED) is 0.250. The Labute approximate surface area is 216 Å². The Hall–Kier alpha value is -3.39. The summed E-state index contributed by atoms with van der Waals surface area (Å²) >= 11 is 0. The molecule has 0 aliphatic carbocycles. The molecule has 0 radical (unpaired) electrons. The van der Waals surface area contributed by atoms with E-state index in [0.717, 1.165) is 32.5 Å². The van der Waals surface area contributed by atoms with Gasteiger partial charge in [-0.2, -0.15) is 0 Å². The minimum absolute atomic E-state index is 0.0295.